The van der Waals surface area contributed by atoms with Crippen LogP contribution in [0.5, 0.6) is 0 Å². The first-order chi connectivity index (χ1) is 6.23. The van der Waals surface area contributed by atoms with E-state index >= 15 is 0 Å². The van der Waals surface area contributed by atoms with Gasteiger partial charge in [0.1, 0.15) is 0 Å². The fourth-order valence-electron chi connectivity index (χ4n) is 1.67. The number of hydrogen-bond donors (Lipinski definition) is 2. The molecule has 14 heavy (non-hydrogen) atoms. The summed E-state index contributed by atoms with van der Waals surface area (Å²) in [4.78, 5) is 19.6. The molecule has 0 fully saturated rings. The quantitative estimate of drug-likeness (QED) is 0.630. The Morgan fingerprint density at radius 2 is 1.79 bits per heavy atom. The Bertz CT molecular complexity index is 259. The Kier molecular flexibility index (Phi) is 4.34. The zero-order valence-corrected chi connectivity index (χ0v) is 8.70. The van der Waals surface area contributed by atoms with Crippen molar-refractivity contribution in [3.63, 3.8) is 0 Å². The molecule has 1 aliphatic rings. The Morgan fingerprint density at radius 1 is 1.36 bits per heavy atom. The molecule has 4 heteroatoms. The van der Waals surface area contributed by atoms with Crippen molar-refractivity contribution in [1.29, 1.82) is 0 Å². The molecule has 1 aliphatic carbocycles. The first kappa shape index (κ1) is 12.7. The van der Waals surface area contributed by atoms with Gasteiger partial charge in [-0.1, -0.05) is 19.4 Å². The molecule has 4 nitrogen and oxygen atoms in total. The van der Waals surface area contributed by atoms with Crippen molar-refractivity contribution < 1.29 is 19.8 Å². The first-order valence-corrected chi connectivity index (χ1v) is 4.35. The minimum atomic E-state index is -1.83. The smallest absolute Gasteiger partial charge is 0.450 e. The molecule has 0 atom stereocenters. The Hall–Kier alpha value is -1.32. The summed E-state index contributed by atoms with van der Waals surface area (Å²) in [5.74, 6) is 0.286. The molecule has 0 unspecified atom stereocenters. The van der Waals surface area contributed by atoms with Gasteiger partial charge in [-0.2, -0.15) is 0 Å². The summed E-state index contributed by atoms with van der Waals surface area (Å²) in [5, 5.41) is 13.9. The molecule has 0 aromatic heterocycles. The Balaban J connectivity index is 0.000000364. The number of ketones is 1. The standard InChI is InChI=1S/C9H14O.CH2O3/c1-7-4-8(10)6-9(2,3)5-7;2-1(3)4/h4H,5-6H2,1-3H3;(H2,2,3,4). The van der Waals surface area contributed by atoms with Gasteiger partial charge in [0.2, 0.25) is 0 Å². The summed E-state index contributed by atoms with van der Waals surface area (Å²) in [6.07, 6.45) is 1.72. The minimum Gasteiger partial charge on any atom is -0.450 e. The van der Waals surface area contributed by atoms with E-state index in [9.17, 15) is 4.79 Å². The maximum Gasteiger partial charge on any atom is 0.503 e. The molecule has 0 aromatic rings. The van der Waals surface area contributed by atoms with Crippen LogP contribution in [0.25, 0.3) is 0 Å². The number of allylic oxidation sites excluding steroid dienone is 2. The average molecular weight is 200 g/mol. The van der Waals surface area contributed by atoms with Crippen molar-refractivity contribution >= 4 is 11.9 Å². The fourth-order valence-corrected chi connectivity index (χ4v) is 1.67. The van der Waals surface area contributed by atoms with Gasteiger partial charge in [0.25, 0.3) is 0 Å². The van der Waals surface area contributed by atoms with E-state index in [-0.39, 0.29) is 11.2 Å². The van der Waals surface area contributed by atoms with Crippen LogP contribution in [0.3, 0.4) is 0 Å². The highest BCUT2D eigenvalue weighted by molar-refractivity contribution is 5.91. The van der Waals surface area contributed by atoms with Crippen molar-refractivity contribution in [2.24, 2.45) is 5.41 Å². The lowest BCUT2D eigenvalue weighted by atomic mass is 9.77. The highest BCUT2D eigenvalue weighted by Gasteiger charge is 2.25. The second-order valence-corrected chi connectivity index (χ2v) is 4.26. The van der Waals surface area contributed by atoms with Gasteiger partial charge < -0.3 is 10.2 Å². The monoisotopic (exact) mass is 200 g/mol. The molecular weight excluding hydrogens is 184 g/mol. The van der Waals surface area contributed by atoms with Crippen LogP contribution in [0.4, 0.5) is 4.79 Å². The predicted octanol–water partition coefficient (Wildman–Crippen LogP) is 2.54. The molecule has 0 saturated carbocycles. The van der Waals surface area contributed by atoms with Crippen LogP contribution in [0.15, 0.2) is 11.6 Å². The molecule has 0 saturated heterocycles. The zero-order valence-electron chi connectivity index (χ0n) is 8.70. The fraction of sp³-hybridized carbons (Fsp3) is 0.600. The van der Waals surface area contributed by atoms with E-state index in [1.807, 2.05) is 6.92 Å². The lowest BCUT2D eigenvalue weighted by molar-refractivity contribution is -0.117. The highest BCUT2D eigenvalue weighted by atomic mass is 16.6. The van der Waals surface area contributed by atoms with Gasteiger partial charge >= 0.3 is 6.16 Å². The van der Waals surface area contributed by atoms with Crippen molar-refractivity contribution in [2.75, 3.05) is 0 Å². The van der Waals surface area contributed by atoms with Gasteiger partial charge in [-0.05, 0) is 24.8 Å². The molecule has 0 radical (unpaired) electrons. The number of hydrogen-bond acceptors (Lipinski definition) is 2. The minimum absolute atomic E-state index is 0.204. The van der Waals surface area contributed by atoms with Crippen molar-refractivity contribution in [2.45, 2.75) is 33.6 Å². The van der Waals surface area contributed by atoms with Crippen LogP contribution in [-0.4, -0.2) is 22.2 Å². The van der Waals surface area contributed by atoms with Gasteiger partial charge in [-0.15, -0.1) is 0 Å². The highest BCUT2D eigenvalue weighted by Crippen LogP contribution is 2.32. The maximum absolute atomic E-state index is 11.0. The van der Waals surface area contributed by atoms with Crippen molar-refractivity contribution in [3.8, 4) is 0 Å². The molecule has 0 heterocycles. The third kappa shape index (κ3) is 6.22. The zero-order chi connectivity index (χ0) is 11.4. The molecule has 2 N–H and O–H groups in total. The Labute approximate surface area is 83.2 Å². The van der Waals surface area contributed by atoms with E-state index in [4.69, 9.17) is 15.0 Å². The van der Waals surface area contributed by atoms with E-state index in [0.29, 0.717) is 6.42 Å². The van der Waals surface area contributed by atoms with Crippen LogP contribution in [-0.2, 0) is 4.79 Å². The third-order valence-electron chi connectivity index (χ3n) is 1.82. The lowest BCUT2D eigenvalue weighted by Gasteiger charge is -2.27. The van der Waals surface area contributed by atoms with Crippen LogP contribution in [0.2, 0.25) is 0 Å². The second kappa shape index (κ2) is 4.79. The molecule has 0 aliphatic heterocycles. The van der Waals surface area contributed by atoms with Gasteiger partial charge in [0.05, 0.1) is 0 Å². The van der Waals surface area contributed by atoms with Gasteiger partial charge in [0.15, 0.2) is 5.78 Å². The van der Waals surface area contributed by atoms with Gasteiger partial charge in [-0.3, -0.25) is 4.79 Å². The number of carboxylic acid groups (broad SMARTS) is 2. The maximum atomic E-state index is 11.0. The molecular formula is C10H16O4. The van der Waals surface area contributed by atoms with E-state index in [0.717, 1.165) is 6.42 Å². The molecule has 0 bridgehead atoms. The van der Waals surface area contributed by atoms with Crippen LogP contribution >= 0.6 is 0 Å². The summed E-state index contributed by atoms with van der Waals surface area (Å²) in [5.41, 5.74) is 1.43. The molecule has 0 aromatic carbocycles. The number of carbonyl (C=O) groups is 2. The normalized spacial score (nSPS) is 19.1. The van der Waals surface area contributed by atoms with Crippen molar-refractivity contribution in [3.05, 3.63) is 11.6 Å². The van der Waals surface area contributed by atoms with E-state index in [2.05, 4.69) is 13.8 Å². The largest absolute Gasteiger partial charge is 0.503 e. The van der Waals surface area contributed by atoms with Crippen LogP contribution in [0, 0.1) is 5.41 Å². The summed E-state index contributed by atoms with van der Waals surface area (Å²) in [7, 11) is 0. The van der Waals surface area contributed by atoms with Crippen LogP contribution in [0.1, 0.15) is 33.6 Å². The number of rotatable bonds is 0. The average Bonchev–Trinajstić information content (AvgIpc) is 1.76. The summed E-state index contributed by atoms with van der Waals surface area (Å²) < 4.78 is 0. The summed E-state index contributed by atoms with van der Waals surface area (Å²) in [6.45, 7) is 6.31. The van der Waals surface area contributed by atoms with E-state index in [1.54, 1.807) is 6.08 Å². The second-order valence-electron chi connectivity index (χ2n) is 4.26. The number of carbonyl (C=O) groups excluding carboxylic acids is 1. The molecule has 80 valence electrons. The van der Waals surface area contributed by atoms with E-state index < -0.39 is 6.16 Å². The predicted molar refractivity (Wildman–Crippen MR) is 52.4 cm³/mol. The Morgan fingerprint density at radius 3 is 2.07 bits per heavy atom. The SMILES string of the molecule is CC1=CC(=O)CC(C)(C)C1.O=C(O)O. The van der Waals surface area contributed by atoms with Crippen LogP contribution < -0.4 is 0 Å². The molecule has 0 amide bonds. The first-order valence-electron chi connectivity index (χ1n) is 4.35. The van der Waals surface area contributed by atoms with Gasteiger partial charge in [0, 0.05) is 6.42 Å². The van der Waals surface area contributed by atoms with Gasteiger partial charge in [-0.25, -0.2) is 4.79 Å². The summed E-state index contributed by atoms with van der Waals surface area (Å²) >= 11 is 0. The lowest BCUT2D eigenvalue weighted by Crippen LogP contribution is -2.20. The molecule has 0 spiro atoms. The third-order valence-corrected chi connectivity index (χ3v) is 1.82. The van der Waals surface area contributed by atoms with E-state index in [1.165, 1.54) is 5.57 Å². The topological polar surface area (TPSA) is 74.6 Å². The molecule has 1 rings (SSSR count). The van der Waals surface area contributed by atoms with Crippen molar-refractivity contribution in [1.82, 2.24) is 0 Å². The summed E-state index contributed by atoms with van der Waals surface area (Å²) in [6, 6.07) is 0.